The van der Waals surface area contributed by atoms with Gasteiger partial charge in [0, 0.05) is 6.04 Å². The molecule has 2 rings (SSSR count). The molecule has 0 unspecified atom stereocenters. The minimum atomic E-state index is -0.417. The molecule has 0 bridgehead atoms. The Morgan fingerprint density at radius 3 is 2.42 bits per heavy atom. The predicted octanol–water partition coefficient (Wildman–Crippen LogP) is 3.99. The number of nitrogens with one attached hydrogen (secondary N) is 1. The SMILES string of the molecule is CC(C)CC[C@@H](NCCCN1CCCCC1)[C@@H](O)c1ccccc1. The smallest absolute Gasteiger partial charge is 0.0942 e. The molecule has 136 valence electrons. The molecule has 0 spiro atoms. The summed E-state index contributed by atoms with van der Waals surface area (Å²) in [6.07, 6.45) is 7.04. The number of piperidine rings is 1. The highest BCUT2D eigenvalue weighted by molar-refractivity contribution is 5.18. The van der Waals surface area contributed by atoms with E-state index < -0.39 is 6.10 Å². The summed E-state index contributed by atoms with van der Waals surface area (Å²) in [5.41, 5.74) is 1.02. The zero-order chi connectivity index (χ0) is 17.2. The largest absolute Gasteiger partial charge is 0.387 e. The molecular weight excluding hydrogens is 296 g/mol. The molecule has 3 heteroatoms. The Bertz CT molecular complexity index is 429. The van der Waals surface area contributed by atoms with E-state index in [9.17, 15) is 5.11 Å². The van der Waals surface area contributed by atoms with Crippen LogP contribution in [0.3, 0.4) is 0 Å². The third kappa shape index (κ3) is 6.92. The van der Waals surface area contributed by atoms with Crippen LogP contribution in [0.15, 0.2) is 30.3 Å². The molecule has 1 saturated heterocycles. The number of rotatable bonds is 10. The van der Waals surface area contributed by atoms with Gasteiger partial charge in [-0.1, -0.05) is 50.6 Å². The Balaban J connectivity index is 1.79. The van der Waals surface area contributed by atoms with E-state index in [2.05, 4.69) is 24.1 Å². The Hall–Kier alpha value is -0.900. The fourth-order valence-corrected chi connectivity index (χ4v) is 3.54. The predicted molar refractivity (Wildman–Crippen MR) is 102 cm³/mol. The first-order chi connectivity index (χ1) is 11.7. The second-order valence-corrected chi connectivity index (χ2v) is 7.64. The summed E-state index contributed by atoms with van der Waals surface area (Å²) in [4.78, 5) is 2.59. The van der Waals surface area contributed by atoms with E-state index in [1.807, 2.05) is 30.3 Å². The van der Waals surface area contributed by atoms with Crippen LogP contribution in [0.4, 0.5) is 0 Å². The van der Waals surface area contributed by atoms with Crippen molar-refractivity contribution in [1.29, 1.82) is 0 Å². The number of nitrogens with zero attached hydrogens (tertiary/aromatic N) is 1. The highest BCUT2D eigenvalue weighted by Gasteiger charge is 2.20. The second-order valence-electron chi connectivity index (χ2n) is 7.64. The van der Waals surface area contributed by atoms with E-state index in [1.54, 1.807) is 0 Å². The Kier molecular flexibility index (Phi) is 8.79. The summed E-state index contributed by atoms with van der Waals surface area (Å²) in [7, 11) is 0. The van der Waals surface area contributed by atoms with E-state index in [0.29, 0.717) is 5.92 Å². The average Bonchev–Trinajstić information content (AvgIpc) is 2.62. The molecule has 2 atom stereocenters. The molecule has 1 heterocycles. The van der Waals surface area contributed by atoms with Gasteiger partial charge in [0.25, 0.3) is 0 Å². The van der Waals surface area contributed by atoms with Gasteiger partial charge in [0.05, 0.1) is 6.10 Å². The Labute approximate surface area is 148 Å². The maximum absolute atomic E-state index is 10.8. The number of hydrogen-bond acceptors (Lipinski definition) is 3. The monoisotopic (exact) mass is 332 g/mol. The van der Waals surface area contributed by atoms with Crippen molar-refractivity contribution < 1.29 is 5.11 Å². The summed E-state index contributed by atoms with van der Waals surface area (Å²) in [5, 5.41) is 14.4. The average molecular weight is 333 g/mol. The number of hydrogen-bond donors (Lipinski definition) is 2. The van der Waals surface area contributed by atoms with Gasteiger partial charge < -0.3 is 15.3 Å². The minimum absolute atomic E-state index is 0.149. The van der Waals surface area contributed by atoms with Crippen molar-refractivity contribution in [3.63, 3.8) is 0 Å². The highest BCUT2D eigenvalue weighted by atomic mass is 16.3. The molecule has 2 N–H and O–H groups in total. The molecule has 0 aliphatic carbocycles. The van der Waals surface area contributed by atoms with E-state index in [0.717, 1.165) is 24.9 Å². The summed E-state index contributed by atoms with van der Waals surface area (Å²) in [6.45, 7) is 9.21. The molecule has 0 radical (unpaired) electrons. The Morgan fingerprint density at radius 2 is 1.75 bits per heavy atom. The third-order valence-electron chi connectivity index (χ3n) is 5.08. The fourth-order valence-electron chi connectivity index (χ4n) is 3.54. The molecule has 3 nitrogen and oxygen atoms in total. The van der Waals surface area contributed by atoms with Crippen LogP contribution < -0.4 is 5.32 Å². The van der Waals surface area contributed by atoms with E-state index in [-0.39, 0.29) is 6.04 Å². The van der Waals surface area contributed by atoms with Crippen LogP contribution in [0, 0.1) is 5.92 Å². The summed E-state index contributed by atoms with van der Waals surface area (Å²) in [5.74, 6) is 0.672. The lowest BCUT2D eigenvalue weighted by atomic mass is 9.95. The fraction of sp³-hybridized carbons (Fsp3) is 0.714. The number of aliphatic hydroxyl groups excluding tert-OH is 1. The summed E-state index contributed by atoms with van der Waals surface area (Å²) >= 11 is 0. The van der Waals surface area contributed by atoms with E-state index in [1.165, 1.54) is 45.3 Å². The highest BCUT2D eigenvalue weighted by Crippen LogP contribution is 2.21. The lowest BCUT2D eigenvalue weighted by molar-refractivity contribution is 0.119. The number of benzene rings is 1. The summed E-state index contributed by atoms with van der Waals surface area (Å²) < 4.78 is 0. The molecule has 0 aromatic heterocycles. The lowest BCUT2D eigenvalue weighted by Crippen LogP contribution is -2.38. The van der Waals surface area contributed by atoms with Crippen molar-refractivity contribution in [2.24, 2.45) is 5.92 Å². The van der Waals surface area contributed by atoms with Crippen molar-refractivity contribution in [2.45, 2.75) is 64.5 Å². The topological polar surface area (TPSA) is 35.5 Å². The zero-order valence-electron chi connectivity index (χ0n) is 15.6. The molecule has 1 aromatic rings. The van der Waals surface area contributed by atoms with Gasteiger partial charge in [-0.2, -0.15) is 0 Å². The first-order valence-corrected chi connectivity index (χ1v) is 9.85. The molecule has 1 aromatic carbocycles. The van der Waals surface area contributed by atoms with Crippen LogP contribution in [-0.4, -0.2) is 42.2 Å². The summed E-state index contributed by atoms with van der Waals surface area (Å²) in [6, 6.07) is 10.2. The van der Waals surface area contributed by atoms with Crippen LogP contribution >= 0.6 is 0 Å². The van der Waals surface area contributed by atoms with Gasteiger partial charge in [-0.05, 0) is 69.8 Å². The quantitative estimate of drug-likeness (QED) is 0.636. The molecule has 24 heavy (non-hydrogen) atoms. The Morgan fingerprint density at radius 1 is 1.04 bits per heavy atom. The van der Waals surface area contributed by atoms with E-state index in [4.69, 9.17) is 0 Å². The van der Waals surface area contributed by atoms with Crippen LogP contribution in [0.2, 0.25) is 0 Å². The maximum atomic E-state index is 10.8. The molecule has 0 amide bonds. The minimum Gasteiger partial charge on any atom is -0.387 e. The lowest BCUT2D eigenvalue weighted by Gasteiger charge is -2.28. The van der Waals surface area contributed by atoms with Crippen LogP contribution in [0.1, 0.15) is 64.0 Å². The standard InChI is InChI=1S/C21H36N2O/c1-18(2)12-13-20(21(24)19-10-5-3-6-11-19)22-14-9-17-23-15-7-4-8-16-23/h3,5-6,10-11,18,20-22,24H,4,7-9,12-17H2,1-2H3/t20-,21+/m1/s1. The molecular formula is C21H36N2O. The van der Waals surface area contributed by atoms with Crippen LogP contribution in [0.5, 0.6) is 0 Å². The third-order valence-corrected chi connectivity index (χ3v) is 5.08. The maximum Gasteiger partial charge on any atom is 0.0942 e. The second kappa shape index (κ2) is 10.9. The van der Waals surface area contributed by atoms with Gasteiger partial charge in [-0.25, -0.2) is 0 Å². The molecule has 1 fully saturated rings. The van der Waals surface area contributed by atoms with Crippen LogP contribution in [-0.2, 0) is 0 Å². The van der Waals surface area contributed by atoms with Crippen molar-refractivity contribution >= 4 is 0 Å². The molecule has 1 aliphatic rings. The van der Waals surface area contributed by atoms with Gasteiger partial charge in [0.15, 0.2) is 0 Å². The van der Waals surface area contributed by atoms with Crippen LogP contribution in [0.25, 0.3) is 0 Å². The van der Waals surface area contributed by atoms with Crippen molar-refractivity contribution in [3.05, 3.63) is 35.9 Å². The molecule has 1 aliphatic heterocycles. The number of likely N-dealkylation sites (tertiary alicyclic amines) is 1. The van der Waals surface area contributed by atoms with Gasteiger partial charge >= 0.3 is 0 Å². The van der Waals surface area contributed by atoms with Gasteiger partial charge in [-0.3, -0.25) is 0 Å². The van der Waals surface area contributed by atoms with Gasteiger partial charge in [0.2, 0.25) is 0 Å². The van der Waals surface area contributed by atoms with Gasteiger partial charge in [-0.15, -0.1) is 0 Å². The zero-order valence-corrected chi connectivity index (χ0v) is 15.6. The van der Waals surface area contributed by atoms with Crippen molar-refractivity contribution in [1.82, 2.24) is 10.2 Å². The first kappa shape index (κ1) is 19.4. The van der Waals surface area contributed by atoms with Crippen molar-refractivity contribution in [3.8, 4) is 0 Å². The van der Waals surface area contributed by atoms with Crippen molar-refractivity contribution in [2.75, 3.05) is 26.2 Å². The normalized spacial score (nSPS) is 18.7. The van der Waals surface area contributed by atoms with E-state index >= 15 is 0 Å². The first-order valence-electron chi connectivity index (χ1n) is 9.85. The van der Waals surface area contributed by atoms with Gasteiger partial charge in [0.1, 0.15) is 0 Å². The molecule has 0 saturated carbocycles. The number of aliphatic hydroxyl groups is 1.